The number of nitrogens with zero attached hydrogens (tertiary/aromatic N) is 4. The maximum Gasteiger partial charge on any atom is 0.147 e. The largest absolute Gasteiger partial charge is 0.374 e. The lowest BCUT2D eigenvalue weighted by Crippen LogP contribution is -2.48. The van der Waals surface area contributed by atoms with E-state index >= 15 is 0 Å². The number of hydrogen-bond acceptors (Lipinski definition) is 4. The van der Waals surface area contributed by atoms with Crippen molar-refractivity contribution in [1.82, 2.24) is 19.7 Å². The van der Waals surface area contributed by atoms with Gasteiger partial charge in [-0.2, -0.15) is 5.10 Å². The van der Waals surface area contributed by atoms with Crippen LogP contribution in [0.25, 0.3) is 0 Å². The molecule has 2 heterocycles. The van der Waals surface area contributed by atoms with Gasteiger partial charge in [0, 0.05) is 19.1 Å². The molecule has 0 bridgehead atoms. The van der Waals surface area contributed by atoms with Gasteiger partial charge in [0.15, 0.2) is 0 Å². The highest BCUT2D eigenvalue weighted by Gasteiger charge is 2.25. The first-order valence-electron chi connectivity index (χ1n) is 8.89. The van der Waals surface area contributed by atoms with E-state index in [9.17, 15) is 0 Å². The minimum Gasteiger partial charge on any atom is -0.374 e. The van der Waals surface area contributed by atoms with Crippen molar-refractivity contribution in [2.75, 3.05) is 19.7 Å². The lowest BCUT2D eigenvalue weighted by Gasteiger charge is -2.37. The van der Waals surface area contributed by atoms with Crippen LogP contribution in [0.2, 0.25) is 0 Å². The molecule has 0 radical (unpaired) electrons. The van der Waals surface area contributed by atoms with Crippen LogP contribution in [-0.2, 0) is 17.7 Å². The Balaban J connectivity index is 1.52. The van der Waals surface area contributed by atoms with Crippen LogP contribution in [0.5, 0.6) is 0 Å². The normalized spacial score (nSPS) is 20.2. The fourth-order valence-electron chi connectivity index (χ4n) is 3.38. The third-order valence-electron chi connectivity index (χ3n) is 4.83. The molecule has 1 aromatic heterocycles. The highest BCUT2D eigenvalue weighted by atomic mass is 16.5. The monoisotopic (exact) mass is 328 g/mol. The number of ether oxygens (including phenoxy) is 1. The number of morpholine rings is 1. The smallest absolute Gasteiger partial charge is 0.147 e. The van der Waals surface area contributed by atoms with Crippen molar-refractivity contribution < 1.29 is 4.74 Å². The van der Waals surface area contributed by atoms with Gasteiger partial charge in [-0.25, -0.2) is 9.67 Å². The van der Waals surface area contributed by atoms with Crippen LogP contribution >= 0.6 is 0 Å². The second-order valence-corrected chi connectivity index (χ2v) is 6.75. The van der Waals surface area contributed by atoms with Gasteiger partial charge in [-0.1, -0.05) is 30.3 Å². The zero-order valence-corrected chi connectivity index (χ0v) is 15.0. The van der Waals surface area contributed by atoms with Gasteiger partial charge >= 0.3 is 0 Å². The van der Waals surface area contributed by atoms with Crippen LogP contribution in [0.4, 0.5) is 0 Å². The van der Waals surface area contributed by atoms with Crippen molar-refractivity contribution in [2.24, 2.45) is 0 Å². The lowest BCUT2D eigenvalue weighted by atomic mass is 10.0. The number of aryl methyl sites for hydroxylation is 3. The fourth-order valence-corrected chi connectivity index (χ4v) is 3.38. The first kappa shape index (κ1) is 17.1. The van der Waals surface area contributed by atoms with Gasteiger partial charge in [-0.05, 0) is 39.2 Å². The van der Waals surface area contributed by atoms with Gasteiger partial charge in [0.25, 0.3) is 0 Å². The van der Waals surface area contributed by atoms with Gasteiger partial charge in [0.1, 0.15) is 11.6 Å². The number of hydrogen-bond donors (Lipinski definition) is 0. The summed E-state index contributed by atoms with van der Waals surface area (Å²) >= 11 is 0. The van der Waals surface area contributed by atoms with Crippen molar-refractivity contribution in [2.45, 2.75) is 52.3 Å². The van der Waals surface area contributed by atoms with Gasteiger partial charge in [-0.15, -0.1) is 0 Å². The Morgan fingerprint density at radius 1 is 1.25 bits per heavy atom. The molecule has 1 aliphatic heterocycles. The molecule has 2 atom stereocenters. The molecule has 0 N–H and O–H groups in total. The maximum absolute atomic E-state index is 5.96. The van der Waals surface area contributed by atoms with Crippen LogP contribution < -0.4 is 0 Å². The molecular formula is C19H28N4O. The molecule has 24 heavy (non-hydrogen) atoms. The Labute approximate surface area is 144 Å². The zero-order valence-electron chi connectivity index (χ0n) is 15.0. The highest BCUT2D eigenvalue weighted by molar-refractivity contribution is 5.14. The quantitative estimate of drug-likeness (QED) is 0.817. The SMILES string of the molecule is Cc1nc(C)n(C[C@H]2CN([C@@H](C)CCc3ccccc3)CCO2)n1. The standard InChI is InChI=1S/C19H28N4O/c1-15(9-10-18-7-5-4-6-8-18)22-11-12-24-19(13-22)14-23-17(3)20-16(2)21-23/h4-8,15,19H,9-14H2,1-3H3/t15-,19+/m0/s1. The third kappa shape index (κ3) is 4.42. The topological polar surface area (TPSA) is 43.2 Å². The Morgan fingerprint density at radius 3 is 2.75 bits per heavy atom. The summed E-state index contributed by atoms with van der Waals surface area (Å²) in [7, 11) is 0. The number of benzene rings is 1. The molecule has 1 aliphatic rings. The van der Waals surface area contributed by atoms with E-state index in [-0.39, 0.29) is 6.10 Å². The summed E-state index contributed by atoms with van der Waals surface area (Å²) in [6, 6.07) is 11.3. The van der Waals surface area contributed by atoms with Crippen LogP contribution in [0, 0.1) is 13.8 Å². The molecular weight excluding hydrogens is 300 g/mol. The minimum absolute atomic E-state index is 0.192. The average molecular weight is 328 g/mol. The first-order valence-corrected chi connectivity index (χ1v) is 8.89. The van der Waals surface area contributed by atoms with E-state index in [1.54, 1.807) is 0 Å². The van der Waals surface area contributed by atoms with Crippen molar-refractivity contribution in [3.05, 3.63) is 47.5 Å². The predicted octanol–water partition coefficient (Wildman–Crippen LogP) is 2.62. The average Bonchev–Trinajstić information content (AvgIpc) is 2.91. The third-order valence-corrected chi connectivity index (χ3v) is 4.83. The summed E-state index contributed by atoms with van der Waals surface area (Å²) in [5, 5.41) is 4.46. The summed E-state index contributed by atoms with van der Waals surface area (Å²) < 4.78 is 7.93. The zero-order chi connectivity index (χ0) is 16.9. The Hall–Kier alpha value is -1.72. The molecule has 5 nitrogen and oxygen atoms in total. The van der Waals surface area contributed by atoms with Gasteiger partial charge in [0.2, 0.25) is 0 Å². The van der Waals surface area contributed by atoms with Gasteiger partial charge in [0.05, 0.1) is 19.3 Å². The Kier molecular flexibility index (Phi) is 5.63. The first-order chi connectivity index (χ1) is 11.6. The summed E-state index contributed by atoms with van der Waals surface area (Å²) in [6.07, 6.45) is 2.50. The van der Waals surface area contributed by atoms with Gasteiger partial charge < -0.3 is 4.74 Å². The molecule has 1 aromatic carbocycles. The summed E-state index contributed by atoms with van der Waals surface area (Å²) in [5.41, 5.74) is 1.42. The van der Waals surface area contributed by atoms with Crippen molar-refractivity contribution in [3.63, 3.8) is 0 Å². The molecule has 2 aromatic rings. The van der Waals surface area contributed by atoms with E-state index in [4.69, 9.17) is 4.74 Å². The molecule has 0 amide bonds. The number of aromatic nitrogens is 3. The Bertz CT molecular complexity index is 640. The molecule has 130 valence electrons. The minimum atomic E-state index is 0.192. The molecule has 0 aliphatic carbocycles. The molecule has 1 saturated heterocycles. The predicted molar refractivity (Wildman–Crippen MR) is 95.0 cm³/mol. The van der Waals surface area contributed by atoms with E-state index < -0.39 is 0 Å². The highest BCUT2D eigenvalue weighted by Crippen LogP contribution is 2.15. The molecule has 0 saturated carbocycles. The van der Waals surface area contributed by atoms with E-state index in [2.05, 4.69) is 52.2 Å². The Morgan fingerprint density at radius 2 is 2.04 bits per heavy atom. The molecule has 5 heteroatoms. The molecule has 0 unspecified atom stereocenters. The van der Waals surface area contributed by atoms with E-state index in [0.29, 0.717) is 6.04 Å². The summed E-state index contributed by atoms with van der Waals surface area (Å²) in [6.45, 7) is 9.83. The lowest BCUT2D eigenvalue weighted by molar-refractivity contribution is -0.0503. The van der Waals surface area contributed by atoms with Crippen LogP contribution in [-0.4, -0.2) is 51.5 Å². The molecule has 0 spiro atoms. The van der Waals surface area contributed by atoms with Crippen LogP contribution in [0.1, 0.15) is 30.6 Å². The second kappa shape index (κ2) is 7.90. The fraction of sp³-hybridized carbons (Fsp3) is 0.579. The van der Waals surface area contributed by atoms with Crippen LogP contribution in [0.15, 0.2) is 30.3 Å². The summed E-state index contributed by atoms with van der Waals surface area (Å²) in [5.74, 6) is 1.79. The molecule has 1 fully saturated rings. The van der Waals surface area contributed by atoms with Crippen molar-refractivity contribution in [3.8, 4) is 0 Å². The van der Waals surface area contributed by atoms with E-state index in [1.807, 2.05) is 18.5 Å². The van der Waals surface area contributed by atoms with Crippen molar-refractivity contribution >= 4 is 0 Å². The van der Waals surface area contributed by atoms with E-state index in [1.165, 1.54) is 12.0 Å². The van der Waals surface area contributed by atoms with E-state index in [0.717, 1.165) is 44.3 Å². The van der Waals surface area contributed by atoms with Crippen LogP contribution in [0.3, 0.4) is 0 Å². The maximum atomic E-state index is 5.96. The van der Waals surface area contributed by atoms with Gasteiger partial charge in [-0.3, -0.25) is 4.90 Å². The molecule has 3 rings (SSSR count). The van der Waals surface area contributed by atoms with Crippen molar-refractivity contribution in [1.29, 1.82) is 0 Å². The number of rotatable bonds is 6. The summed E-state index contributed by atoms with van der Waals surface area (Å²) in [4.78, 5) is 6.93. The second-order valence-electron chi connectivity index (χ2n) is 6.75.